The molecule has 0 atom stereocenters. The summed E-state index contributed by atoms with van der Waals surface area (Å²) in [4.78, 5) is 37.9. The largest absolute Gasteiger partial charge is 0.325 e. The van der Waals surface area contributed by atoms with Gasteiger partial charge in [-0.25, -0.2) is 0 Å². The molecule has 0 radical (unpaired) electrons. The van der Waals surface area contributed by atoms with E-state index in [0.29, 0.717) is 16.9 Å². The number of benzene rings is 1. The summed E-state index contributed by atoms with van der Waals surface area (Å²) in [5.41, 5.74) is 0.786. The predicted molar refractivity (Wildman–Crippen MR) is 76.2 cm³/mol. The number of para-hydroxylation sites is 1. The van der Waals surface area contributed by atoms with Gasteiger partial charge in [0.2, 0.25) is 0 Å². The van der Waals surface area contributed by atoms with E-state index in [0.717, 1.165) is 0 Å². The summed E-state index contributed by atoms with van der Waals surface area (Å²) in [5, 5.41) is 2.61. The number of hydrogen-bond donors (Lipinski definition) is 2. The summed E-state index contributed by atoms with van der Waals surface area (Å²) in [6.45, 7) is 3.01. The highest BCUT2D eigenvalue weighted by atomic mass is 16.2. The van der Waals surface area contributed by atoms with Crippen LogP contribution in [0.1, 0.15) is 33.3 Å². The Balaban J connectivity index is 2.37. The number of aromatic amines is 1. The number of amides is 1. The first-order valence-corrected chi connectivity index (χ1v) is 6.10. The molecule has 0 bridgehead atoms. The number of carbonyl (C=O) groups is 2. The first kappa shape index (κ1) is 13.7. The maximum absolute atomic E-state index is 12.1. The third-order valence-corrected chi connectivity index (χ3v) is 2.89. The van der Waals surface area contributed by atoms with E-state index >= 15 is 0 Å². The molecule has 0 aliphatic rings. The van der Waals surface area contributed by atoms with Crippen LogP contribution in [0, 0.1) is 6.92 Å². The van der Waals surface area contributed by atoms with Crippen molar-refractivity contribution in [3.8, 4) is 0 Å². The Morgan fingerprint density at radius 2 is 1.75 bits per heavy atom. The smallest absolute Gasteiger partial charge is 0.261 e. The third-order valence-electron chi connectivity index (χ3n) is 2.89. The number of rotatable bonds is 3. The van der Waals surface area contributed by atoms with Crippen molar-refractivity contribution in [3.63, 3.8) is 0 Å². The summed E-state index contributed by atoms with van der Waals surface area (Å²) >= 11 is 0. The lowest BCUT2D eigenvalue weighted by Gasteiger charge is -2.07. The molecule has 2 aromatic rings. The lowest BCUT2D eigenvalue weighted by molar-refractivity contribution is 0.101. The van der Waals surface area contributed by atoms with Crippen LogP contribution in [-0.2, 0) is 0 Å². The van der Waals surface area contributed by atoms with Crippen LogP contribution in [-0.4, -0.2) is 16.7 Å². The average Bonchev–Trinajstić information content (AvgIpc) is 2.39. The normalized spacial score (nSPS) is 10.1. The molecule has 0 unspecified atom stereocenters. The van der Waals surface area contributed by atoms with Gasteiger partial charge in [0.05, 0.1) is 0 Å². The van der Waals surface area contributed by atoms with Crippen molar-refractivity contribution in [2.24, 2.45) is 0 Å². The second kappa shape index (κ2) is 5.52. The lowest BCUT2D eigenvalue weighted by atomic mass is 10.1. The fourth-order valence-corrected chi connectivity index (χ4v) is 1.88. The van der Waals surface area contributed by atoms with Crippen molar-refractivity contribution in [1.82, 2.24) is 4.98 Å². The Labute approximate surface area is 115 Å². The van der Waals surface area contributed by atoms with E-state index in [-0.39, 0.29) is 11.3 Å². The molecule has 0 aliphatic heterocycles. The first-order valence-electron chi connectivity index (χ1n) is 6.10. The molecule has 1 aromatic carbocycles. The molecule has 0 aliphatic carbocycles. The van der Waals surface area contributed by atoms with E-state index in [1.807, 2.05) is 6.07 Å². The van der Waals surface area contributed by atoms with Gasteiger partial charge in [0.25, 0.3) is 11.5 Å². The van der Waals surface area contributed by atoms with E-state index in [4.69, 9.17) is 0 Å². The van der Waals surface area contributed by atoms with Gasteiger partial charge >= 0.3 is 0 Å². The van der Waals surface area contributed by atoms with Crippen molar-refractivity contribution < 1.29 is 9.59 Å². The van der Waals surface area contributed by atoms with Crippen LogP contribution in [0.5, 0.6) is 0 Å². The summed E-state index contributed by atoms with van der Waals surface area (Å²) in [6, 6.07) is 10.1. The zero-order valence-corrected chi connectivity index (χ0v) is 11.2. The van der Waals surface area contributed by atoms with Crippen LogP contribution in [0.4, 0.5) is 5.69 Å². The number of hydrogen-bond acceptors (Lipinski definition) is 3. The molecule has 20 heavy (non-hydrogen) atoms. The van der Waals surface area contributed by atoms with Crippen LogP contribution in [0.15, 0.2) is 41.2 Å². The first-order chi connectivity index (χ1) is 9.49. The van der Waals surface area contributed by atoms with Crippen LogP contribution >= 0.6 is 0 Å². The molecular weight excluding hydrogens is 256 g/mol. The molecule has 2 N–H and O–H groups in total. The van der Waals surface area contributed by atoms with Crippen molar-refractivity contribution in [2.75, 3.05) is 5.32 Å². The molecule has 0 spiro atoms. The molecule has 0 saturated carbocycles. The molecule has 1 aromatic heterocycles. The maximum atomic E-state index is 12.1. The average molecular weight is 270 g/mol. The number of pyridine rings is 1. The minimum Gasteiger partial charge on any atom is -0.325 e. The number of nitrogens with one attached hydrogen (secondary N) is 2. The van der Waals surface area contributed by atoms with Gasteiger partial charge in [-0.2, -0.15) is 0 Å². The second-order valence-electron chi connectivity index (χ2n) is 4.43. The third kappa shape index (κ3) is 2.83. The monoisotopic (exact) mass is 270 g/mol. The fourth-order valence-electron chi connectivity index (χ4n) is 1.88. The van der Waals surface area contributed by atoms with Crippen molar-refractivity contribution >= 4 is 17.4 Å². The number of aryl methyl sites for hydroxylation is 1. The van der Waals surface area contributed by atoms with E-state index in [1.54, 1.807) is 31.2 Å². The minimum atomic E-state index is -0.542. The molecule has 1 heterocycles. The minimum absolute atomic E-state index is 0.0790. The second-order valence-corrected chi connectivity index (χ2v) is 4.43. The topological polar surface area (TPSA) is 79.0 Å². The summed E-state index contributed by atoms with van der Waals surface area (Å²) < 4.78 is 0. The number of anilines is 1. The lowest BCUT2D eigenvalue weighted by Crippen LogP contribution is -2.25. The van der Waals surface area contributed by atoms with Gasteiger partial charge in [-0.3, -0.25) is 14.4 Å². The van der Waals surface area contributed by atoms with Crippen molar-refractivity contribution in [1.29, 1.82) is 0 Å². The Hall–Kier alpha value is -2.69. The predicted octanol–water partition coefficient (Wildman–Crippen LogP) is 2.14. The maximum Gasteiger partial charge on any atom is 0.261 e. The van der Waals surface area contributed by atoms with E-state index in [9.17, 15) is 14.4 Å². The van der Waals surface area contributed by atoms with Gasteiger partial charge in [0.1, 0.15) is 5.56 Å². The zero-order chi connectivity index (χ0) is 14.7. The molecule has 5 heteroatoms. The highest BCUT2D eigenvalue weighted by Gasteiger charge is 2.15. The summed E-state index contributed by atoms with van der Waals surface area (Å²) in [5.74, 6) is -0.743. The summed E-state index contributed by atoms with van der Waals surface area (Å²) in [7, 11) is 0. The van der Waals surface area contributed by atoms with Gasteiger partial charge in [0.15, 0.2) is 5.78 Å². The number of H-pyrrole nitrogens is 1. The Kier molecular flexibility index (Phi) is 3.79. The Morgan fingerprint density at radius 3 is 2.35 bits per heavy atom. The number of aromatic nitrogens is 1. The highest BCUT2D eigenvalue weighted by Crippen LogP contribution is 2.09. The van der Waals surface area contributed by atoms with Gasteiger partial charge in [-0.15, -0.1) is 0 Å². The highest BCUT2D eigenvalue weighted by molar-refractivity contribution is 6.06. The Morgan fingerprint density at radius 1 is 1.10 bits per heavy atom. The van der Waals surface area contributed by atoms with Crippen LogP contribution in [0.25, 0.3) is 0 Å². The van der Waals surface area contributed by atoms with Gasteiger partial charge < -0.3 is 10.3 Å². The van der Waals surface area contributed by atoms with Crippen LogP contribution < -0.4 is 10.9 Å². The molecule has 5 nitrogen and oxygen atoms in total. The van der Waals surface area contributed by atoms with Crippen molar-refractivity contribution in [2.45, 2.75) is 13.8 Å². The quantitative estimate of drug-likeness (QED) is 0.839. The van der Waals surface area contributed by atoms with Crippen LogP contribution in [0.3, 0.4) is 0 Å². The van der Waals surface area contributed by atoms with Gasteiger partial charge in [-0.05, 0) is 32.0 Å². The van der Waals surface area contributed by atoms with E-state index in [2.05, 4.69) is 10.3 Å². The molecule has 2 rings (SSSR count). The van der Waals surface area contributed by atoms with Gasteiger partial charge in [-0.1, -0.05) is 18.2 Å². The molecule has 0 fully saturated rings. The zero-order valence-electron chi connectivity index (χ0n) is 11.2. The van der Waals surface area contributed by atoms with E-state index in [1.165, 1.54) is 13.0 Å². The molecule has 102 valence electrons. The van der Waals surface area contributed by atoms with Gasteiger partial charge in [0, 0.05) is 16.9 Å². The fraction of sp³-hybridized carbons (Fsp3) is 0.133. The molecule has 0 saturated heterocycles. The summed E-state index contributed by atoms with van der Waals surface area (Å²) in [6.07, 6.45) is 0. The SMILES string of the molecule is CC(=O)c1cc(C(=O)Nc2ccccc2)c(=O)[nH]c1C. The molecular formula is C15H14N2O3. The number of carbonyl (C=O) groups excluding carboxylic acids is 2. The number of Topliss-reactive ketones (excluding diaryl/α,β-unsaturated/α-hetero) is 1. The van der Waals surface area contributed by atoms with E-state index < -0.39 is 11.5 Å². The Bertz CT molecular complexity index is 718. The molecule has 1 amide bonds. The van der Waals surface area contributed by atoms with Crippen LogP contribution in [0.2, 0.25) is 0 Å². The standard InChI is InChI=1S/C15H14N2O3/c1-9-12(10(2)18)8-13(14(19)16-9)15(20)17-11-6-4-3-5-7-11/h3-8H,1-2H3,(H,16,19)(H,17,20). The number of ketones is 1. The van der Waals surface area contributed by atoms with Crippen molar-refractivity contribution in [3.05, 3.63) is 63.6 Å².